The monoisotopic (exact) mass is 576 g/mol. The van der Waals surface area contributed by atoms with Gasteiger partial charge in [-0.3, -0.25) is 9.78 Å². The zero-order valence-electron chi connectivity index (χ0n) is 18.9. The molecule has 0 aliphatic heterocycles. The molecule has 1 amide bonds. The Kier molecular flexibility index (Phi) is 6.59. The van der Waals surface area contributed by atoms with Crippen LogP contribution in [0.4, 0.5) is 10.2 Å². The molecule has 5 rings (SSSR count). The predicted octanol–water partition coefficient (Wildman–Crippen LogP) is 6.85. The fourth-order valence-corrected chi connectivity index (χ4v) is 4.47. The minimum Gasteiger partial charge on any atom is -0.339 e. The van der Waals surface area contributed by atoms with Crippen molar-refractivity contribution in [1.29, 1.82) is 0 Å². The number of hydrogen-bond acceptors (Lipinski definition) is 3. The van der Waals surface area contributed by atoms with Gasteiger partial charge in [0, 0.05) is 32.8 Å². The second kappa shape index (κ2) is 9.95. The number of halogens is 2. The first-order valence-electron chi connectivity index (χ1n) is 11.2. The Morgan fingerprint density at radius 1 is 0.971 bits per heavy atom. The first-order valence-corrected chi connectivity index (χ1v) is 12.3. The molecule has 0 aliphatic carbocycles. The van der Waals surface area contributed by atoms with E-state index in [1.165, 1.54) is 12.1 Å². The van der Waals surface area contributed by atoms with Crippen LogP contribution in [0.3, 0.4) is 0 Å². The van der Waals surface area contributed by atoms with Crippen molar-refractivity contribution in [1.82, 2.24) is 15.0 Å². The number of aromatic amines is 1. The summed E-state index contributed by atoms with van der Waals surface area (Å²) in [5.41, 5.74) is 5.34. The largest absolute Gasteiger partial charge is 0.339 e. The van der Waals surface area contributed by atoms with Crippen molar-refractivity contribution in [2.45, 2.75) is 13.3 Å². The molecule has 0 radical (unpaired) electrons. The Hall–Kier alpha value is -3.59. The topological polar surface area (TPSA) is 70.7 Å². The van der Waals surface area contributed by atoms with Gasteiger partial charge in [0.25, 0.3) is 0 Å². The molecule has 35 heavy (non-hydrogen) atoms. The highest BCUT2D eigenvalue weighted by atomic mass is 127. The number of pyridine rings is 2. The lowest BCUT2D eigenvalue weighted by atomic mass is 9.99. The standard InChI is InChI=1S/C28H22FIN4O/c1-17(16-18-2-8-22(30)9-3-18)28(35)33-24-11-10-23-25(19-12-14-31-15-13-19)26(34-27(23)32-24)20-4-6-21(29)7-5-20/h2-15,17H,16H2,1H3,(H2,32,33,34,35)/t17-/m0/s1. The minimum atomic E-state index is -0.294. The van der Waals surface area contributed by atoms with Crippen LogP contribution in [0.5, 0.6) is 0 Å². The van der Waals surface area contributed by atoms with E-state index in [1.54, 1.807) is 24.5 Å². The summed E-state index contributed by atoms with van der Waals surface area (Å²) in [6.07, 6.45) is 4.12. The molecule has 0 bridgehead atoms. The number of H-pyrrole nitrogens is 1. The van der Waals surface area contributed by atoms with E-state index in [1.807, 2.05) is 55.5 Å². The summed E-state index contributed by atoms with van der Waals surface area (Å²) in [6.45, 7) is 1.91. The van der Waals surface area contributed by atoms with Crippen LogP contribution in [0, 0.1) is 15.3 Å². The number of rotatable bonds is 6. The summed E-state index contributed by atoms with van der Waals surface area (Å²) in [6, 6.07) is 22.1. The van der Waals surface area contributed by atoms with Gasteiger partial charge < -0.3 is 10.3 Å². The maximum absolute atomic E-state index is 13.6. The third kappa shape index (κ3) is 5.09. The van der Waals surface area contributed by atoms with Crippen LogP contribution in [0.1, 0.15) is 12.5 Å². The second-order valence-corrected chi connectivity index (χ2v) is 9.68. The summed E-state index contributed by atoms with van der Waals surface area (Å²) >= 11 is 2.27. The molecule has 0 spiro atoms. The van der Waals surface area contributed by atoms with Crippen LogP contribution in [0.15, 0.2) is 85.2 Å². The fraction of sp³-hybridized carbons (Fsp3) is 0.107. The van der Waals surface area contributed by atoms with Gasteiger partial charge in [-0.15, -0.1) is 0 Å². The van der Waals surface area contributed by atoms with Crippen molar-refractivity contribution in [3.8, 4) is 22.4 Å². The molecule has 0 unspecified atom stereocenters. The Morgan fingerprint density at radius 2 is 1.69 bits per heavy atom. The van der Waals surface area contributed by atoms with Crippen LogP contribution >= 0.6 is 22.6 Å². The summed E-state index contributed by atoms with van der Waals surface area (Å²) in [5, 5.41) is 3.85. The molecule has 0 aliphatic rings. The number of nitrogens with one attached hydrogen (secondary N) is 2. The molecule has 0 saturated carbocycles. The van der Waals surface area contributed by atoms with E-state index in [4.69, 9.17) is 0 Å². The zero-order valence-corrected chi connectivity index (χ0v) is 21.1. The molecule has 3 aromatic heterocycles. The first kappa shape index (κ1) is 23.2. The van der Waals surface area contributed by atoms with Crippen molar-refractivity contribution in [2.75, 3.05) is 5.32 Å². The SMILES string of the molecule is C[C@@H](Cc1ccc(I)cc1)C(=O)Nc1ccc2c(-c3ccncc3)c(-c3ccc(F)cc3)[nH]c2n1. The number of hydrogen-bond donors (Lipinski definition) is 2. The molecule has 2 N–H and O–H groups in total. The van der Waals surface area contributed by atoms with Gasteiger partial charge >= 0.3 is 0 Å². The number of anilines is 1. The molecule has 0 saturated heterocycles. The summed E-state index contributed by atoms with van der Waals surface area (Å²) in [5.74, 6) is -0.114. The van der Waals surface area contributed by atoms with Gasteiger partial charge in [-0.05, 0) is 106 Å². The molecule has 5 nitrogen and oxygen atoms in total. The van der Waals surface area contributed by atoms with Crippen LogP contribution in [-0.4, -0.2) is 20.9 Å². The van der Waals surface area contributed by atoms with E-state index in [-0.39, 0.29) is 17.6 Å². The van der Waals surface area contributed by atoms with Crippen molar-refractivity contribution >= 4 is 45.3 Å². The maximum Gasteiger partial charge on any atom is 0.228 e. The molecule has 1 atom stereocenters. The maximum atomic E-state index is 13.6. The number of benzene rings is 2. The van der Waals surface area contributed by atoms with Gasteiger partial charge in [-0.2, -0.15) is 0 Å². The van der Waals surface area contributed by atoms with Gasteiger partial charge in [-0.1, -0.05) is 19.1 Å². The van der Waals surface area contributed by atoms with Crippen LogP contribution in [0.25, 0.3) is 33.4 Å². The van der Waals surface area contributed by atoms with Gasteiger partial charge in [0.15, 0.2) is 0 Å². The van der Waals surface area contributed by atoms with E-state index < -0.39 is 0 Å². The average molecular weight is 576 g/mol. The molecule has 7 heteroatoms. The molecule has 0 fully saturated rings. The number of nitrogens with zero attached hydrogens (tertiary/aromatic N) is 2. The normalized spacial score (nSPS) is 12.0. The van der Waals surface area contributed by atoms with Gasteiger partial charge in [0.05, 0.1) is 5.69 Å². The summed E-state index contributed by atoms with van der Waals surface area (Å²) in [7, 11) is 0. The van der Waals surface area contributed by atoms with Gasteiger partial charge in [-0.25, -0.2) is 9.37 Å². The predicted molar refractivity (Wildman–Crippen MR) is 145 cm³/mol. The second-order valence-electron chi connectivity index (χ2n) is 8.43. The highest BCUT2D eigenvalue weighted by molar-refractivity contribution is 14.1. The number of amides is 1. The van der Waals surface area contributed by atoms with E-state index >= 15 is 0 Å². The Morgan fingerprint density at radius 3 is 2.40 bits per heavy atom. The van der Waals surface area contributed by atoms with Gasteiger partial charge in [0.2, 0.25) is 5.91 Å². The third-order valence-electron chi connectivity index (χ3n) is 5.91. The average Bonchev–Trinajstić information content (AvgIpc) is 3.25. The third-order valence-corrected chi connectivity index (χ3v) is 6.63. The lowest BCUT2D eigenvalue weighted by Crippen LogP contribution is -2.22. The molecule has 3 heterocycles. The number of carbonyl (C=O) groups excluding carboxylic acids is 1. The van der Waals surface area contributed by atoms with Crippen LogP contribution in [0.2, 0.25) is 0 Å². The van der Waals surface area contributed by atoms with Crippen molar-refractivity contribution < 1.29 is 9.18 Å². The van der Waals surface area contributed by atoms with Crippen molar-refractivity contribution in [2.24, 2.45) is 5.92 Å². The van der Waals surface area contributed by atoms with Crippen LogP contribution < -0.4 is 5.32 Å². The van der Waals surface area contributed by atoms with E-state index in [0.29, 0.717) is 17.9 Å². The first-order chi connectivity index (χ1) is 17.0. The lowest BCUT2D eigenvalue weighted by Gasteiger charge is -2.12. The van der Waals surface area contributed by atoms with Crippen molar-refractivity contribution in [3.05, 3.63) is 100 Å². The Labute approximate surface area is 216 Å². The Bertz CT molecular complexity index is 1480. The molecular weight excluding hydrogens is 554 g/mol. The molecule has 174 valence electrons. The van der Waals surface area contributed by atoms with E-state index in [0.717, 1.165) is 36.9 Å². The zero-order chi connectivity index (χ0) is 24.4. The quantitative estimate of drug-likeness (QED) is 0.217. The lowest BCUT2D eigenvalue weighted by molar-refractivity contribution is -0.119. The van der Waals surface area contributed by atoms with E-state index in [9.17, 15) is 9.18 Å². The number of aromatic nitrogens is 3. The molecular formula is C28H22FIN4O. The molecule has 5 aromatic rings. The minimum absolute atomic E-state index is 0.0879. The van der Waals surface area contributed by atoms with Crippen LogP contribution in [-0.2, 0) is 11.2 Å². The fourth-order valence-electron chi connectivity index (χ4n) is 4.11. The van der Waals surface area contributed by atoms with E-state index in [2.05, 4.69) is 42.9 Å². The number of fused-ring (bicyclic) bond motifs is 1. The summed E-state index contributed by atoms with van der Waals surface area (Å²) in [4.78, 5) is 25.1. The highest BCUT2D eigenvalue weighted by Gasteiger charge is 2.18. The molecule has 2 aromatic carbocycles. The number of carbonyl (C=O) groups is 1. The van der Waals surface area contributed by atoms with Gasteiger partial charge in [0.1, 0.15) is 17.3 Å². The smallest absolute Gasteiger partial charge is 0.228 e. The summed E-state index contributed by atoms with van der Waals surface area (Å²) < 4.78 is 14.7. The Balaban J connectivity index is 1.46. The highest BCUT2D eigenvalue weighted by Crippen LogP contribution is 2.38. The van der Waals surface area contributed by atoms with Crippen molar-refractivity contribution in [3.63, 3.8) is 0 Å².